The van der Waals surface area contributed by atoms with Crippen LogP contribution in [0.5, 0.6) is 0 Å². The summed E-state index contributed by atoms with van der Waals surface area (Å²) in [4.78, 5) is 34.6. The second kappa shape index (κ2) is 5.73. The standard InChI is InChI=1S/C14H20O9/c1-6-8(22-6)3-13(11(17)18,4-9-7(2)23-9)14(21,12(19)20)5-10(15)16/h6-9,21H,3-5H2,1-2H3,(H,15,16)(H,17,18)(H,19,20). The molecule has 2 saturated heterocycles. The van der Waals surface area contributed by atoms with Crippen molar-refractivity contribution in [1.29, 1.82) is 0 Å². The number of hydrogen-bond acceptors (Lipinski definition) is 6. The fourth-order valence-electron chi connectivity index (χ4n) is 3.02. The van der Waals surface area contributed by atoms with Gasteiger partial charge in [0.1, 0.15) is 5.41 Å². The molecule has 0 saturated carbocycles. The molecular weight excluding hydrogens is 312 g/mol. The van der Waals surface area contributed by atoms with Crippen LogP contribution in [-0.4, -0.2) is 68.4 Å². The van der Waals surface area contributed by atoms with Crippen molar-refractivity contribution < 1.29 is 44.3 Å². The second-order valence-electron chi connectivity index (χ2n) is 6.29. The molecule has 0 bridgehead atoms. The summed E-state index contributed by atoms with van der Waals surface area (Å²) >= 11 is 0. The van der Waals surface area contributed by atoms with Gasteiger partial charge >= 0.3 is 17.9 Å². The summed E-state index contributed by atoms with van der Waals surface area (Å²) in [5.74, 6) is -5.06. The lowest BCUT2D eigenvalue weighted by molar-refractivity contribution is -0.197. The van der Waals surface area contributed by atoms with Gasteiger partial charge in [-0.2, -0.15) is 0 Å². The first-order valence-electron chi connectivity index (χ1n) is 7.25. The minimum Gasteiger partial charge on any atom is -0.481 e. The van der Waals surface area contributed by atoms with Crippen molar-refractivity contribution in [3.05, 3.63) is 0 Å². The van der Waals surface area contributed by atoms with Gasteiger partial charge in [-0.25, -0.2) is 4.79 Å². The van der Waals surface area contributed by atoms with E-state index in [9.17, 15) is 29.7 Å². The van der Waals surface area contributed by atoms with Crippen LogP contribution in [0.25, 0.3) is 0 Å². The van der Waals surface area contributed by atoms with E-state index in [-0.39, 0.29) is 25.0 Å². The van der Waals surface area contributed by atoms with E-state index in [0.29, 0.717) is 0 Å². The Labute approximate surface area is 131 Å². The Morgan fingerprint density at radius 3 is 1.52 bits per heavy atom. The Bertz CT molecular complexity index is 512. The van der Waals surface area contributed by atoms with Crippen molar-refractivity contribution in [3.8, 4) is 0 Å². The van der Waals surface area contributed by atoms with Crippen molar-refractivity contribution in [2.24, 2.45) is 5.41 Å². The molecule has 2 rings (SSSR count). The van der Waals surface area contributed by atoms with E-state index in [0.717, 1.165) is 0 Å². The number of ether oxygens (including phenoxy) is 2. The van der Waals surface area contributed by atoms with Crippen LogP contribution >= 0.6 is 0 Å². The van der Waals surface area contributed by atoms with E-state index >= 15 is 0 Å². The van der Waals surface area contributed by atoms with Crippen LogP contribution in [0, 0.1) is 5.41 Å². The zero-order valence-corrected chi connectivity index (χ0v) is 12.8. The lowest BCUT2D eigenvalue weighted by Gasteiger charge is -2.40. The largest absolute Gasteiger partial charge is 0.481 e. The van der Waals surface area contributed by atoms with Crippen LogP contribution in [-0.2, 0) is 23.9 Å². The molecule has 0 aromatic rings. The number of aliphatic hydroxyl groups is 1. The van der Waals surface area contributed by atoms with E-state index in [1.165, 1.54) is 0 Å². The van der Waals surface area contributed by atoms with Gasteiger partial charge in [-0.3, -0.25) is 9.59 Å². The maximum absolute atomic E-state index is 12.0. The van der Waals surface area contributed by atoms with Crippen molar-refractivity contribution in [2.75, 3.05) is 0 Å². The Balaban J connectivity index is 2.44. The zero-order chi connectivity index (χ0) is 17.6. The molecule has 0 aromatic carbocycles. The summed E-state index contributed by atoms with van der Waals surface area (Å²) in [5.41, 5.74) is -5.19. The molecule has 9 nitrogen and oxygen atoms in total. The molecule has 2 fully saturated rings. The molecule has 9 heteroatoms. The number of hydrogen-bond donors (Lipinski definition) is 4. The summed E-state index contributed by atoms with van der Waals surface area (Å²) in [6, 6.07) is 0. The highest BCUT2D eigenvalue weighted by atomic mass is 16.6. The van der Waals surface area contributed by atoms with Crippen LogP contribution in [0.3, 0.4) is 0 Å². The van der Waals surface area contributed by atoms with Crippen LogP contribution in [0.15, 0.2) is 0 Å². The van der Waals surface area contributed by atoms with Gasteiger partial charge in [0.15, 0.2) is 5.60 Å². The highest BCUT2D eigenvalue weighted by Gasteiger charge is 2.66. The third-order valence-electron chi connectivity index (χ3n) is 4.73. The minimum absolute atomic E-state index is 0.269. The monoisotopic (exact) mass is 332 g/mol. The van der Waals surface area contributed by atoms with Gasteiger partial charge in [-0.1, -0.05) is 0 Å². The van der Waals surface area contributed by atoms with Crippen LogP contribution < -0.4 is 0 Å². The fourth-order valence-corrected chi connectivity index (χ4v) is 3.02. The second-order valence-corrected chi connectivity index (χ2v) is 6.29. The quantitative estimate of drug-likeness (QED) is 0.416. The van der Waals surface area contributed by atoms with Crippen LogP contribution in [0.4, 0.5) is 0 Å². The third-order valence-corrected chi connectivity index (χ3v) is 4.73. The lowest BCUT2D eigenvalue weighted by Crippen LogP contribution is -2.60. The third kappa shape index (κ3) is 3.17. The Kier molecular flexibility index (Phi) is 4.40. The van der Waals surface area contributed by atoms with Gasteiger partial charge in [0.25, 0.3) is 0 Å². The number of rotatable bonds is 9. The smallest absolute Gasteiger partial charge is 0.337 e. The molecule has 0 spiro atoms. The first kappa shape index (κ1) is 17.6. The van der Waals surface area contributed by atoms with Gasteiger partial charge in [-0.15, -0.1) is 0 Å². The Morgan fingerprint density at radius 2 is 1.30 bits per heavy atom. The molecule has 130 valence electrons. The Morgan fingerprint density at radius 1 is 0.913 bits per heavy atom. The average Bonchev–Trinajstić information content (AvgIpc) is 3.28. The molecule has 2 heterocycles. The molecule has 4 N–H and O–H groups in total. The minimum atomic E-state index is -2.97. The van der Waals surface area contributed by atoms with Crippen LogP contribution in [0.1, 0.15) is 33.1 Å². The lowest BCUT2D eigenvalue weighted by atomic mass is 9.64. The molecule has 0 radical (unpaired) electrons. The van der Waals surface area contributed by atoms with Gasteiger partial charge in [0.05, 0.1) is 30.8 Å². The molecule has 0 aromatic heterocycles. The van der Waals surface area contributed by atoms with Crippen LogP contribution in [0.2, 0.25) is 0 Å². The normalized spacial score (nSPS) is 34.0. The summed E-state index contributed by atoms with van der Waals surface area (Å²) in [6.07, 6.45) is -3.45. The molecule has 2 aliphatic rings. The van der Waals surface area contributed by atoms with E-state index in [4.69, 9.17) is 14.6 Å². The summed E-state index contributed by atoms with van der Waals surface area (Å²) in [6.45, 7) is 3.37. The SMILES string of the molecule is CC1OC1CC(CC1OC1C)(C(=O)O)C(O)(CC(=O)O)C(=O)O. The average molecular weight is 332 g/mol. The van der Waals surface area contributed by atoms with Crippen molar-refractivity contribution in [1.82, 2.24) is 0 Å². The van der Waals surface area contributed by atoms with Crippen molar-refractivity contribution in [3.63, 3.8) is 0 Å². The molecule has 0 aliphatic carbocycles. The van der Waals surface area contributed by atoms with Gasteiger partial charge in [0, 0.05) is 0 Å². The van der Waals surface area contributed by atoms with Gasteiger partial charge in [0.2, 0.25) is 0 Å². The number of aliphatic carboxylic acids is 3. The summed E-state index contributed by atoms with van der Waals surface area (Å²) in [5, 5.41) is 38.7. The highest BCUT2D eigenvalue weighted by molar-refractivity contribution is 5.92. The first-order valence-corrected chi connectivity index (χ1v) is 7.25. The van der Waals surface area contributed by atoms with E-state index in [1.54, 1.807) is 13.8 Å². The van der Waals surface area contributed by atoms with E-state index < -0.39 is 47.6 Å². The zero-order valence-electron chi connectivity index (χ0n) is 12.8. The topological polar surface area (TPSA) is 157 Å². The molecule has 0 amide bonds. The number of epoxide rings is 2. The van der Waals surface area contributed by atoms with Crippen molar-refractivity contribution >= 4 is 17.9 Å². The maximum atomic E-state index is 12.0. The predicted octanol–water partition coefficient (Wildman–Crippen LogP) is -0.297. The molecule has 2 aliphatic heterocycles. The number of carbonyl (C=O) groups is 3. The number of carboxylic acids is 3. The molecule has 5 unspecified atom stereocenters. The van der Waals surface area contributed by atoms with Gasteiger partial charge < -0.3 is 29.9 Å². The summed E-state index contributed by atoms with van der Waals surface area (Å²) < 4.78 is 10.4. The van der Waals surface area contributed by atoms with E-state index in [2.05, 4.69) is 0 Å². The highest BCUT2D eigenvalue weighted by Crippen LogP contribution is 2.50. The molecule has 23 heavy (non-hydrogen) atoms. The maximum Gasteiger partial charge on any atom is 0.337 e. The summed E-state index contributed by atoms with van der Waals surface area (Å²) in [7, 11) is 0. The van der Waals surface area contributed by atoms with E-state index in [1.807, 2.05) is 0 Å². The fraction of sp³-hybridized carbons (Fsp3) is 0.786. The van der Waals surface area contributed by atoms with Crippen molar-refractivity contribution in [2.45, 2.75) is 63.1 Å². The molecule has 5 atom stereocenters. The molecular formula is C14H20O9. The van der Waals surface area contributed by atoms with Gasteiger partial charge in [-0.05, 0) is 26.7 Å². The predicted molar refractivity (Wildman–Crippen MR) is 72.8 cm³/mol. The Hall–Kier alpha value is -1.71. The first-order chi connectivity index (χ1) is 10.5. The number of carboxylic acid groups (broad SMARTS) is 3.